The van der Waals surface area contributed by atoms with Crippen LogP contribution < -0.4 is 0 Å². The zero-order valence-electron chi connectivity index (χ0n) is 38.7. The number of aromatic nitrogens is 4. The van der Waals surface area contributed by atoms with Crippen molar-refractivity contribution in [1.82, 2.24) is 18.3 Å². The van der Waals surface area contributed by atoms with Gasteiger partial charge in [0.25, 0.3) is 0 Å². The van der Waals surface area contributed by atoms with Crippen LogP contribution in [0.1, 0.15) is 16.7 Å². The smallest absolute Gasteiger partial charge is 0.309 e. The van der Waals surface area contributed by atoms with Gasteiger partial charge in [0.15, 0.2) is 0 Å². The highest BCUT2D eigenvalue weighted by atomic mass is 19.4. The molecule has 4 heterocycles. The summed E-state index contributed by atoms with van der Waals surface area (Å²) in [7, 11) is 0. The van der Waals surface area contributed by atoms with Crippen molar-refractivity contribution in [2.75, 3.05) is 0 Å². The lowest BCUT2D eigenvalue weighted by molar-refractivity contribution is -0.143. The first-order valence-corrected chi connectivity index (χ1v) is 23.9. The summed E-state index contributed by atoms with van der Waals surface area (Å²) in [5.74, 6) is 0. The maximum atomic E-state index is 14.6. The van der Waals surface area contributed by atoms with E-state index in [4.69, 9.17) is 0 Å². The van der Waals surface area contributed by atoms with Crippen molar-refractivity contribution in [2.45, 2.75) is 12.4 Å². The SMILES string of the molecule is N#Cc1cc(-n2c3ccccc3c3cc(-n4c5ccccc5c5ccccc54)ccc32)c(-n2c3ccccc3c3cc(-n4c5ccccc5c5ccccc54)ccc32)cc1-c1cc(C(F)(F)F)cc(C(F)(F)F)c1. The number of rotatable bonds is 5. The first kappa shape index (κ1) is 43.3. The van der Waals surface area contributed by atoms with E-state index in [2.05, 4.69) is 75.9 Å². The van der Waals surface area contributed by atoms with Crippen LogP contribution in [0.25, 0.3) is 121 Å². The van der Waals surface area contributed by atoms with Crippen LogP contribution in [0, 0.1) is 11.3 Å². The number of benzene rings is 10. The van der Waals surface area contributed by atoms with E-state index in [1.165, 1.54) is 0 Å². The van der Waals surface area contributed by atoms with Gasteiger partial charge in [-0.1, -0.05) is 109 Å². The van der Waals surface area contributed by atoms with Gasteiger partial charge in [-0.15, -0.1) is 0 Å². The third-order valence-corrected chi connectivity index (χ3v) is 14.6. The highest BCUT2D eigenvalue weighted by Gasteiger charge is 2.37. The fraction of sp³-hybridized carbons (Fsp3) is 0.0317. The average molecular weight is 976 g/mol. The minimum absolute atomic E-state index is 0.0925. The molecule has 0 aliphatic carbocycles. The number of hydrogen-bond acceptors (Lipinski definition) is 1. The quantitative estimate of drug-likeness (QED) is 0.159. The Bertz CT molecular complexity index is 4590. The molecular formula is C63H35F6N5. The van der Waals surface area contributed by atoms with Gasteiger partial charge in [0.05, 0.1) is 78.3 Å². The predicted octanol–water partition coefficient (Wildman–Crippen LogP) is 17.7. The molecule has 0 radical (unpaired) electrons. The molecule has 0 bridgehead atoms. The lowest BCUT2D eigenvalue weighted by Gasteiger charge is -2.20. The summed E-state index contributed by atoms with van der Waals surface area (Å²) in [6.07, 6.45) is -10.2. The van der Waals surface area contributed by atoms with Crippen LogP contribution in [-0.2, 0) is 12.4 Å². The Morgan fingerprint density at radius 3 is 0.973 bits per heavy atom. The maximum absolute atomic E-state index is 14.6. The average Bonchev–Trinajstić information content (AvgIpc) is 4.16. The van der Waals surface area contributed by atoms with E-state index in [1.54, 1.807) is 12.1 Å². The summed E-state index contributed by atoms with van der Waals surface area (Å²) in [6.45, 7) is 0. The number of hydrogen-bond donors (Lipinski definition) is 0. The van der Waals surface area contributed by atoms with E-state index in [9.17, 15) is 31.6 Å². The fourth-order valence-corrected chi connectivity index (χ4v) is 11.5. The Kier molecular flexibility index (Phi) is 9.20. The van der Waals surface area contributed by atoms with Crippen LogP contribution in [0.5, 0.6) is 0 Å². The molecule has 0 unspecified atom stereocenters. The molecule has 0 fully saturated rings. The first-order chi connectivity index (χ1) is 35.9. The van der Waals surface area contributed by atoms with E-state index in [1.807, 2.05) is 130 Å². The molecule has 11 heteroatoms. The number of alkyl halides is 6. The molecule has 0 aliphatic heterocycles. The number of para-hydroxylation sites is 6. The van der Waals surface area contributed by atoms with E-state index in [0.717, 1.165) is 98.6 Å². The van der Waals surface area contributed by atoms with Crippen molar-refractivity contribution in [2.24, 2.45) is 0 Å². The Hall–Kier alpha value is -9.53. The molecule has 4 aromatic heterocycles. The second-order valence-electron chi connectivity index (χ2n) is 18.6. The molecule has 5 nitrogen and oxygen atoms in total. The van der Waals surface area contributed by atoms with Crippen LogP contribution in [0.3, 0.4) is 0 Å². The van der Waals surface area contributed by atoms with Crippen molar-refractivity contribution < 1.29 is 26.3 Å². The van der Waals surface area contributed by atoms with Gasteiger partial charge in [-0.2, -0.15) is 31.6 Å². The van der Waals surface area contributed by atoms with Crippen molar-refractivity contribution in [3.05, 3.63) is 229 Å². The van der Waals surface area contributed by atoms with Crippen LogP contribution in [-0.4, -0.2) is 18.3 Å². The van der Waals surface area contributed by atoms with Gasteiger partial charge >= 0.3 is 12.4 Å². The normalized spacial score (nSPS) is 12.4. The Labute approximate surface area is 416 Å². The highest BCUT2D eigenvalue weighted by Crippen LogP contribution is 2.45. The van der Waals surface area contributed by atoms with Crippen LogP contribution in [0.2, 0.25) is 0 Å². The number of halogens is 6. The first-order valence-electron chi connectivity index (χ1n) is 23.9. The molecule has 0 saturated heterocycles. The summed E-state index contributed by atoms with van der Waals surface area (Å²) >= 11 is 0. The maximum Gasteiger partial charge on any atom is 0.416 e. The molecule has 14 rings (SSSR count). The molecule has 0 N–H and O–H groups in total. The Morgan fingerprint density at radius 1 is 0.311 bits per heavy atom. The number of nitrogens with zero attached hydrogens (tertiary/aromatic N) is 5. The third kappa shape index (κ3) is 6.37. The molecule has 74 heavy (non-hydrogen) atoms. The lowest BCUT2D eigenvalue weighted by Crippen LogP contribution is -2.11. The van der Waals surface area contributed by atoms with E-state index in [0.29, 0.717) is 23.5 Å². The van der Waals surface area contributed by atoms with Gasteiger partial charge in [0.1, 0.15) is 0 Å². The van der Waals surface area contributed by atoms with Gasteiger partial charge in [-0.05, 0) is 109 Å². The lowest BCUT2D eigenvalue weighted by atomic mass is 9.94. The van der Waals surface area contributed by atoms with Gasteiger partial charge in [0, 0.05) is 60.0 Å². The summed E-state index contributed by atoms with van der Waals surface area (Å²) in [4.78, 5) is 0. The van der Waals surface area contributed by atoms with Crippen LogP contribution in [0.4, 0.5) is 26.3 Å². The molecule has 0 spiro atoms. The summed E-state index contributed by atoms with van der Waals surface area (Å²) < 4.78 is 95.9. The second-order valence-corrected chi connectivity index (χ2v) is 18.6. The monoisotopic (exact) mass is 975 g/mol. The molecule has 10 aromatic carbocycles. The standard InChI is InChI=1S/C63H35F6N5/c64-62(65,66)39-29-37(30-40(32-39)63(67,68)69)49-35-61(74-57-24-12-6-18-48(57)51-34-42(26-28-59(51)74)72-54-21-9-3-15-45(54)46-16-4-10-22-55(46)72)60(31-38(49)36-70)73-56-23-11-5-17-47(56)50-33-41(25-27-58(50)73)71-52-19-7-1-13-43(52)44-14-2-8-20-53(44)71/h1-35H. The molecule has 0 amide bonds. The van der Waals surface area contributed by atoms with Gasteiger partial charge in [-0.3, -0.25) is 0 Å². The Balaban J connectivity index is 1.08. The zero-order chi connectivity index (χ0) is 50.2. The predicted molar refractivity (Wildman–Crippen MR) is 284 cm³/mol. The molecule has 354 valence electrons. The van der Waals surface area contributed by atoms with Crippen molar-refractivity contribution in [1.29, 1.82) is 5.26 Å². The van der Waals surface area contributed by atoms with E-state index < -0.39 is 29.0 Å². The highest BCUT2D eigenvalue weighted by molar-refractivity contribution is 6.15. The van der Waals surface area contributed by atoms with Gasteiger partial charge in [-0.25, -0.2) is 0 Å². The van der Waals surface area contributed by atoms with Gasteiger partial charge in [0.2, 0.25) is 0 Å². The Morgan fingerprint density at radius 2 is 0.622 bits per heavy atom. The molecule has 0 saturated carbocycles. The summed E-state index contributed by atoms with van der Waals surface area (Å²) in [6, 6.07) is 67.8. The molecule has 0 atom stereocenters. The zero-order valence-corrected chi connectivity index (χ0v) is 38.7. The van der Waals surface area contributed by atoms with E-state index in [-0.39, 0.29) is 17.2 Å². The minimum Gasteiger partial charge on any atom is -0.309 e. The van der Waals surface area contributed by atoms with Crippen LogP contribution >= 0.6 is 0 Å². The minimum atomic E-state index is -5.12. The second kappa shape index (κ2) is 15.7. The number of fused-ring (bicyclic) bond motifs is 12. The summed E-state index contributed by atoms with van der Waals surface area (Å²) in [5, 5.41) is 18.9. The van der Waals surface area contributed by atoms with Crippen molar-refractivity contribution >= 4 is 87.2 Å². The largest absolute Gasteiger partial charge is 0.416 e. The summed E-state index contributed by atoms with van der Waals surface area (Å²) in [5.41, 5.74) is 6.24. The molecular weight excluding hydrogens is 941 g/mol. The van der Waals surface area contributed by atoms with Gasteiger partial charge < -0.3 is 18.3 Å². The number of nitriles is 1. The van der Waals surface area contributed by atoms with Crippen molar-refractivity contribution in [3.63, 3.8) is 0 Å². The third-order valence-electron chi connectivity index (χ3n) is 14.6. The molecule has 0 aliphatic rings. The van der Waals surface area contributed by atoms with Crippen LogP contribution in [0.15, 0.2) is 212 Å². The van der Waals surface area contributed by atoms with Crippen molar-refractivity contribution in [3.8, 4) is 39.9 Å². The molecule has 14 aromatic rings. The fourth-order valence-electron chi connectivity index (χ4n) is 11.5. The van der Waals surface area contributed by atoms with E-state index >= 15 is 0 Å². The topological polar surface area (TPSA) is 43.5 Å².